The lowest BCUT2D eigenvalue weighted by Gasteiger charge is -1.88. The van der Waals surface area contributed by atoms with E-state index in [1.807, 2.05) is 24.4 Å². The second-order valence-corrected chi connectivity index (χ2v) is 2.64. The summed E-state index contributed by atoms with van der Waals surface area (Å²) in [5, 5.41) is 5.56. The number of nitrogens with zero attached hydrogens (tertiary/aromatic N) is 1. The number of thiophene rings is 1. The number of hydrazone groups is 1. The van der Waals surface area contributed by atoms with Crippen LogP contribution in [0.5, 0.6) is 0 Å². The van der Waals surface area contributed by atoms with Gasteiger partial charge in [-0.25, -0.2) is 0 Å². The first-order chi connectivity index (χ1) is 4.34. The smallest absolute Gasteiger partial charge is 0.0741 e. The monoisotopic (exact) mass is 140 g/mol. The fourth-order valence-electron chi connectivity index (χ4n) is 0.548. The van der Waals surface area contributed by atoms with Crippen molar-refractivity contribution < 1.29 is 0 Å². The predicted molar refractivity (Wildman–Crippen MR) is 40.7 cm³/mol. The molecule has 0 aromatic carbocycles. The molecule has 0 bridgehead atoms. The quantitative estimate of drug-likeness (QED) is 0.357. The first kappa shape index (κ1) is 6.29. The molecule has 48 valence electrons. The third-order valence-corrected chi connectivity index (χ3v) is 2.05. The molecule has 0 aliphatic heterocycles. The zero-order valence-electron chi connectivity index (χ0n) is 5.16. The highest BCUT2D eigenvalue weighted by Crippen LogP contribution is 2.08. The van der Waals surface area contributed by atoms with Crippen molar-refractivity contribution in [2.45, 2.75) is 6.92 Å². The first-order valence-corrected chi connectivity index (χ1v) is 3.51. The number of rotatable bonds is 1. The molecule has 1 heterocycles. The van der Waals surface area contributed by atoms with Crippen LogP contribution in [0.4, 0.5) is 0 Å². The van der Waals surface area contributed by atoms with Crippen molar-refractivity contribution in [2.24, 2.45) is 10.9 Å². The maximum atomic E-state index is 5.06. The normalized spacial score (nSPS) is 11.9. The largest absolute Gasteiger partial charge is 0.323 e. The van der Waals surface area contributed by atoms with Crippen LogP contribution in [0.15, 0.2) is 22.6 Å². The van der Waals surface area contributed by atoms with Gasteiger partial charge in [-0.2, -0.15) is 5.10 Å². The highest BCUT2D eigenvalue weighted by molar-refractivity contribution is 7.12. The third kappa shape index (κ3) is 1.29. The lowest BCUT2D eigenvalue weighted by Crippen LogP contribution is -1.94. The molecule has 1 rings (SSSR count). The molecule has 3 heteroatoms. The summed E-state index contributed by atoms with van der Waals surface area (Å²) in [6.07, 6.45) is 0. The zero-order valence-corrected chi connectivity index (χ0v) is 5.98. The van der Waals surface area contributed by atoms with Gasteiger partial charge in [0, 0.05) is 4.88 Å². The summed E-state index contributed by atoms with van der Waals surface area (Å²) in [5.41, 5.74) is 0.894. The van der Waals surface area contributed by atoms with Crippen molar-refractivity contribution in [1.29, 1.82) is 0 Å². The van der Waals surface area contributed by atoms with Crippen LogP contribution in [0.3, 0.4) is 0 Å². The van der Waals surface area contributed by atoms with Crippen LogP contribution in [0.25, 0.3) is 0 Å². The SMILES string of the molecule is C/C(=N/N)c1cccs1. The van der Waals surface area contributed by atoms with E-state index in [2.05, 4.69) is 5.10 Å². The molecule has 2 nitrogen and oxygen atoms in total. The van der Waals surface area contributed by atoms with Gasteiger partial charge < -0.3 is 5.84 Å². The zero-order chi connectivity index (χ0) is 6.69. The Kier molecular flexibility index (Phi) is 1.85. The average Bonchev–Trinajstić information content (AvgIpc) is 2.37. The summed E-state index contributed by atoms with van der Waals surface area (Å²) >= 11 is 1.64. The van der Waals surface area contributed by atoms with Crippen LogP contribution in [-0.4, -0.2) is 5.71 Å². The molecule has 1 aromatic heterocycles. The molecule has 0 saturated carbocycles. The van der Waals surface area contributed by atoms with E-state index in [1.54, 1.807) is 11.3 Å². The minimum absolute atomic E-state index is 0.894. The molecule has 0 aliphatic rings. The predicted octanol–water partition coefficient (Wildman–Crippen LogP) is 1.43. The summed E-state index contributed by atoms with van der Waals surface area (Å²) in [5.74, 6) is 5.06. The maximum absolute atomic E-state index is 5.06. The Hall–Kier alpha value is -0.830. The van der Waals surface area contributed by atoms with Crippen LogP contribution in [0.1, 0.15) is 11.8 Å². The van der Waals surface area contributed by atoms with E-state index in [-0.39, 0.29) is 0 Å². The molecule has 0 aliphatic carbocycles. The Bertz CT molecular complexity index is 201. The van der Waals surface area contributed by atoms with Crippen LogP contribution >= 0.6 is 11.3 Å². The van der Waals surface area contributed by atoms with E-state index in [0.717, 1.165) is 10.6 Å². The van der Waals surface area contributed by atoms with E-state index < -0.39 is 0 Å². The number of hydrogen-bond donors (Lipinski definition) is 1. The average molecular weight is 140 g/mol. The Balaban J connectivity index is 2.90. The van der Waals surface area contributed by atoms with Crippen molar-refractivity contribution in [3.63, 3.8) is 0 Å². The van der Waals surface area contributed by atoms with Gasteiger partial charge in [-0.3, -0.25) is 0 Å². The van der Waals surface area contributed by atoms with Gasteiger partial charge in [0.2, 0.25) is 0 Å². The van der Waals surface area contributed by atoms with E-state index in [4.69, 9.17) is 5.84 Å². The van der Waals surface area contributed by atoms with Gasteiger partial charge in [-0.1, -0.05) is 6.07 Å². The fraction of sp³-hybridized carbons (Fsp3) is 0.167. The van der Waals surface area contributed by atoms with E-state index in [1.165, 1.54) is 0 Å². The van der Waals surface area contributed by atoms with Crippen LogP contribution in [0.2, 0.25) is 0 Å². The Morgan fingerprint density at radius 2 is 2.56 bits per heavy atom. The number of hydrogen-bond acceptors (Lipinski definition) is 3. The highest BCUT2D eigenvalue weighted by atomic mass is 32.1. The van der Waals surface area contributed by atoms with Crippen LogP contribution in [-0.2, 0) is 0 Å². The Morgan fingerprint density at radius 1 is 1.78 bits per heavy atom. The van der Waals surface area contributed by atoms with E-state index >= 15 is 0 Å². The molecular weight excluding hydrogens is 132 g/mol. The van der Waals surface area contributed by atoms with Crippen molar-refractivity contribution in [3.05, 3.63) is 22.4 Å². The van der Waals surface area contributed by atoms with Gasteiger partial charge >= 0.3 is 0 Å². The molecule has 1 aromatic rings. The summed E-state index contributed by atoms with van der Waals surface area (Å²) < 4.78 is 0. The van der Waals surface area contributed by atoms with Gasteiger partial charge in [0.15, 0.2) is 0 Å². The molecule has 0 unspecified atom stereocenters. The van der Waals surface area contributed by atoms with Crippen molar-refractivity contribution in [1.82, 2.24) is 0 Å². The minimum Gasteiger partial charge on any atom is -0.323 e. The van der Waals surface area contributed by atoms with Crippen molar-refractivity contribution in [2.75, 3.05) is 0 Å². The third-order valence-electron chi connectivity index (χ3n) is 1.07. The molecule has 2 N–H and O–H groups in total. The summed E-state index contributed by atoms with van der Waals surface area (Å²) in [6, 6.07) is 3.98. The van der Waals surface area contributed by atoms with Crippen molar-refractivity contribution >= 4 is 17.0 Å². The molecule has 0 saturated heterocycles. The first-order valence-electron chi connectivity index (χ1n) is 2.63. The molecule has 0 spiro atoms. The Labute approximate surface area is 58.0 Å². The molecule has 0 atom stereocenters. The molecule has 0 radical (unpaired) electrons. The van der Waals surface area contributed by atoms with Crippen LogP contribution < -0.4 is 5.84 Å². The highest BCUT2D eigenvalue weighted by Gasteiger charge is 1.94. The second-order valence-electron chi connectivity index (χ2n) is 1.69. The minimum atomic E-state index is 0.894. The summed E-state index contributed by atoms with van der Waals surface area (Å²) in [6.45, 7) is 1.89. The van der Waals surface area contributed by atoms with Gasteiger partial charge in [0.1, 0.15) is 0 Å². The second kappa shape index (κ2) is 2.64. The van der Waals surface area contributed by atoms with Gasteiger partial charge in [0.05, 0.1) is 5.71 Å². The van der Waals surface area contributed by atoms with Crippen LogP contribution in [0, 0.1) is 0 Å². The Morgan fingerprint density at radius 3 is 3.00 bits per heavy atom. The van der Waals surface area contributed by atoms with E-state index in [9.17, 15) is 0 Å². The lowest BCUT2D eigenvalue weighted by molar-refractivity contribution is 1.24. The topological polar surface area (TPSA) is 38.4 Å². The summed E-state index contributed by atoms with van der Waals surface area (Å²) in [4.78, 5) is 1.14. The van der Waals surface area contributed by atoms with Gasteiger partial charge in [-0.15, -0.1) is 11.3 Å². The lowest BCUT2D eigenvalue weighted by atomic mass is 10.3. The standard InChI is InChI=1S/C6H8N2S/c1-5(8-7)6-3-2-4-9-6/h2-4H,7H2,1H3/b8-5-. The maximum Gasteiger partial charge on any atom is 0.0741 e. The molecule has 0 fully saturated rings. The van der Waals surface area contributed by atoms with Gasteiger partial charge in [-0.05, 0) is 18.4 Å². The fourth-order valence-corrected chi connectivity index (χ4v) is 1.23. The molecule has 9 heavy (non-hydrogen) atoms. The van der Waals surface area contributed by atoms with E-state index in [0.29, 0.717) is 0 Å². The molecule has 0 amide bonds. The van der Waals surface area contributed by atoms with Gasteiger partial charge in [0.25, 0.3) is 0 Å². The number of nitrogens with two attached hydrogens (primary N) is 1. The van der Waals surface area contributed by atoms with Crippen molar-refractivity contribution in [3.8, 4) is 0 Å². The molecular formula is C6H8N2S. The summed E-state index contributed by atoms with van der Waals surface area (Å²) in [7, 11) is 0.